The molecule has 1 fully saturated rings. The van der Waals surface area contributed by atoms with Crippen LogP contribution in [-0.2, 0) is 21.2 Å². The number of hydrogen-bond acceptors (Lipinski definition) is 5. The molecule has 1 amide bonds. The van der Waals surface area contributed by atoms with Gasteiger partial charge in [-0.15, -0.1) is 0 Å². The Morgan fingerprint density at radius 3 is 2.33 bits per heavy atom. The van der Waals surface area contributed by atoms with Crippen LogP contribution in [0.15, 0.2) is 41.3 Å². The zero-order valence-corrected chi connectivity index (χ0v) is 20.7. The minimum Gasteiger partial charge on any atom is -0.496 e. The maximum absolute atomic E-state index is 12.9. The number of benzene rings is 2. The summed E-state index contributed by atoms with van der Waals surface area (Å²) in [5.41, 5.74) is 2.75. The largest absolute Gasteiger partial charge is 0.496 e. The van der Waals surface area contributed by atoms with E-state index in [1.54, 1.807) is 32.4 Å². The summed E-state index contributed by atoms with van der Waals surface area (Å²) >= 11 is 0. The minimum atomic E-state index is -3.53. The van der Waals surface area contributed by atoms with Crippen LogP contribution < -0.4 is 14.8 Å². The number of aryl methyl sites for hydroxylation is 2. The van der Waals surface area contributed by atoms with E-state index in [2.05, 4.69) is 5.32 Å². The van der Waals surface area contributed by atoms with E-state index in [0.717, 1.165) is 36.1 Å². The first kappa shape index (κ1) is 25.1. The number of methoxy groups -OCH3 is 2. The van der Waals surface area contributed by atoms with Crippen molar-refractivity contribution in [3.05, 3.63) is 53.1 Å². The van der Waals surface area contributed by atoms with Crippen molar-refractivity contribution in [2.45, 2.75) is 56.9 Å². The van der Waals surface area contributed by atoms with Gasteiger partial charge in [0.1, 0.15) is 11.5 Å². The number of rotatable bonds is 10. The van der Waals surface area contributed by atoms with E-state index in [0.29, 0.717) is 30.8 Å². The van der Waals surface area contributed by atoms with Gasteiger partial charge >= 0.3 is 0 Å². The van der Waals surface area contributed by atoms with Crippen LogP contribution >= 0.6 is 0 Å². The molecule has 1 unspecified atom stereocenters. The Hall–Kier alpha value is -2.58. The zero-order valence-electron chi connectivity index (χ0n) is 19.9. The molecule has 7 nitrogen and oxygen atoms in total. The van der Waals surface area contributed by atoms with E-state index in [9.17, 15) is 13.2 Å². The van der Waals surface area contributed by atoms with Crippen molar-refractivity contribution in [3.63, 3.8) is 0 Å². The van der Waals surface area contributed by atoms with Gasteiger partial charge in [-0.25, -0.2) is 8.42 Å². The normalized spacial score (nSPS) is 15.3. The molecule has 0 saturated carbocycles. The van der Waals surface area contributed by atoms with Gasteiger partial charge in [-0.05, 0) is 73.6 Å². The lowest BCUT2D eigenvalue weighted by Crippen LogP contribution is -2.29. The number of nitrogens with zero attached hydrogens (tertiary/aromatic N) is 1. The lowest BCUT2D eigenvalue weighted by Gasteiger charge is -2.19. The lowest BCUT2D eigenvalue weighted by molar-refractivity contribution is -0.121. The third-order valence-corrected chi connectivity index (χ3v) is 8.04. The van der Waals surface area contributed by atoms with Gasteiger partial charge in [0.25, 0.3) is 0 Å². The van der Waals surface area contributed by atoms with Gasteiger partial charge in [0.2, 0.25) is 15.9 Å². The number of carbonyl (C=O) groups excluding carboxylic acids is 1. The molecular formula is C25H34N2O5S. The van der Waals surface area contributed by atoms with E-state index in [4.69, 9.17) is 9.47 Å². The summed E-state index contributed by atoms with van der Waals surface area (Å²) < 4.78 is 38.1. The molecule has 1 aliphatic rings. The van der Waals surface area contributed by atoms with Gasteiger partial charge in [-0.2, -0.15) is 4.31 Å². The molecule has 8 heteroatoms. The van der Waals surface area contributed by atoms with E-state index in [1.165, 1.54) is 4.31 Å². The first-order chi connectivity index (χ1) is 15.8. The molecule has 33 heavy (non-hydrogen) atoms. The fourth-order valence-electron chi connectivity index (χ4n) is 4.24. The third-order valence-electron chi connectivity index (χ3n) is 6.14. The Morgan fingerprint density at radius 2 is 1.73 bits per heavy atom. The predicted octanol–water partition coefficient (Wildman–Crippen LogP) is 4.00. The first-order valence-corrected chi connectivity index (χ1v) is 12.8. The lowest BCUT2D eigenvalue weighted by atomic mass is 10.0. The standard InChI is InChI=1S/C25H34N2O5S/c1-5-22(19-8-11-23(31-3)18(2)16-19)26-25(28)13-9-20-17-21(10-12-24(20)32-4)33(29,30)27-14-6-7-15-27/h8,10-12,16-17,22H,5-7,9,13-15H2,1-4H3,(H,26,28). The molecule has 0 radical (unpaired) electrons. The van der Waals surface area contributed by atoms with Gasteiger partial charge in [-0.1, -0.05) is 19.1 Å². The van der Waals surface area contributed by atoms with E-state index in [-0.39, 0.29) is 23.3 Å². The molecule has 1 saturated heterocycles. The van der Waals surface area contributed by atoms with Crippen LogP contribution in [0.2, 0.25) is 0 Å². The van der Waals surface area contributed by atoms with Crippen molar-refractivity contribution < 1.29 is 22.7 Å². The van der Waals surface area contributed by atoms with Gasteiger partial charge < -0.3 is 14.8 Å². The van der Waals surface area contributed by atoms with Crippen LogP contribution in [0, 0.1) is 6.92 Å². The summed E-state index contributed by atoms with van der Waals surface area (Å²) in [7, 11) is -0.339. The summed E-state index contributed by atoms with van der Waals surface area (Å²) in [5, 5.41) is 3.10. The average molecular weight is 475 g/mol. The second kappa shape index (κ2) is 11.0. The predicted molar refractivity (Wildman–Crippen MR) is 128 cm³/mol. The number of nitrogens with one attached hydrogen (secondary N) is 1. The maximum atomic E-state index is 12.9. The topological polar surface area (TPSA) is 84.9 Å². The Bertz CT molecular complexity index is 1080. The summed E-state index contributed by atoms with van der Waals surface area (Å²) in [6.45, 7) is 5.11. The molecule has 0 bridgehead atoms. The molecular weight excluding hydrogens is 440 g/mol. The molecule has 2 aromatic rings. The zero-order chi connectivity index (χ0) is 24.0. The Balaban J connectivity index is 1.70. The molecule has 1 aliphatic heterocycles. The summed E-state index contributed by atoms with van der Waals surface area (Å²) in [6, 6.07) is 10.7. The summed E-state index contributed by atoms with van der Waals surface area (Å²) in [5.74, 6) is 1.31. The Labute approximate surface area is 197 Å². The average Bonchev–Trinajstić information content (AvgIpc) is 3.37. The van der Waals surface area contributed by atoms with Crippen LogP contribution in [0.1, 0.15) is 55.3 Å². The number of carbonyl (C=O) groups is 1. The summed E-state index contributed by atoms with van der Waals surface area (Å²) in [4.78, 5) is 13.0. The van der Waals surface area contributed by atoms with Gasteiger partial charge in [0.05, 0.1) is 25.2 Å². The van der Waals surface area contributed by atoms with Crippen molar-refractivity contribution >= 4 is 15.9 Å². The van der Waals surface area contributed by atoms with Crippen molar-refractivity contribution in [1.82, 2.24) is 9.62 Å². The molecule has 180 valence electrons. The van der Waals surface area contributed by atoms with Crippen LogP contribution in [0.25, 0.3) is 0 Å². The Kier molecular flexibility index (Phi) is 8.37. The third kappa shape index (κ3) is 5.86. The first-order valence-electron chi connectivity index (χ1n) is 11.4. The minimum absolute atomic E-state index is 0.0924. The van der Waals surface area contributed by atoms with Crippen LogP contribution in [0.3, 0.4) is 0 Å². The highest BCUT2D eigenvalue weighted by Crippen LogP contribution is 2.28. The second-order valence-electron chi connectivity index (χ2n) is 8.34. The molecule has 3 rings (SSSR count). The van der Waals surface area contributed by atoms with Crippen molar-refractivity contribution in [2.75, 3.05) is 27.3 Å². The second-order valence-corrected chi connectivity index (χ2v) is 10.3. The molecule has 1 N–H and O–H groups in total. The summed E-state index contributed by atoms with van der Waals surface area (Å²) in [6.07, 6.45) is 3.14. The highest BCUT2D eigenvalue weighted by Gasteiger charge is 2.28. The van der Waals surface area contributed by atoms with Crippen LogP contribution in [-0.4, -0.2) is 45.9 Å². The smallest absolute Gasteiger partial charge is 0.243 e. The number of hydrogen-bond donors (Lipinski definition) is 1. The molecule has 1 heterocycles. The highest BCUT2D eigenvalue weighted by atomic mass is 32.2. The van der Waals surface area contributed by atoms with Crippen LogP contribution in [0.5, 0.6) is 11.5 Å². The van der Waals surface area contributed by atoms with Crippen molar-refractivity contribution in [3.8, 4) is 11.5 Å². The number of sulfonamides is 1. The molecule has 2 aromatic carbocycles. The molecule has 0 aromatic heterocycles. The number of ether oxygens (including phenoxy) is 2. The SMILES string of the molecule is CCC(NC(=O)CCc1cc(S(=O)(=O)N2CCCC2)ccc1OC)c1ccc(OC)c(C)c1. The highest BCUT2D eigenvalue weighted by molar-refractivity contribution is 7.89. The van der Waals surface area contributed by atoms with Gasteiger partial charge in [-0.3, -0.25) is 4.79 Å². The fourth-order valence-corrected chi connectivity index (χ4v) is 5.81. The van der Waals surface area contributed by atoms with E-state index in [1.807, 2.05) is 32.0 Å². The Morgan fingerprint density at radius 1 is 1.06 bits per heavy atom. The number of amides is 1. The quantitative estimate of drug-likeness (QED) is 0.563. The maximum Gasteiger partial charge on any atom is 0.243 e. The molecule has 1 atom stereocenters. The van der Waals surface area contributed by atoms with E-state index >= 15 is 0 Å². The van der Waals surface area contributed by atoms with E-state index < -0.39 is 10.0 Å². The van der Waals surface area contributed by atoms with Gasteiger partial charge in [0.15, 0.2) is 0 Å². The molecule has 0 spiro atoms. The molecule has 0 aliphatic carbocycles. The van der Waals surface area contributed by atoms with Crippen molar-refractivity contribution in [1.29, 1.82) is 0 Å². The monoisotopic (exact) mass is 474 g/mol. The van der Waals surface area contributed by atoms with Crippen LogP contribution in [0.4, 0.5) is 0 Å². The fraction of sp³-hybridized carbons (Fsp3) is 0.480. The van der Waals surface area contributed by atoms with Crippen molar-refractivity contribution in [2.24, 2.45) is 0 Å². The van der Waals surface area contributed by atoms with Gasteiger partial charge in [0, 0.05) is 19.5 Å².